The lowest BCUT2D eigenvalue weighted by Gasteiger charge is -2.29. The van der Waals surface area contributed by atoms with E-state index >= 15 is 0 Å². The highest BCUT2D eigenvalue weighted by molar-refractivity contribution is 5.95. The molecule has 1 aromatic rings. The summed E-state index contributed by atoms with van der Waals surface area (Å²) in [5, 5.41) is 15.5. The van der Waals surface area contributed by atoms with E-state index in [0.717, 1.165) is 37.7 Å². The molecule has 25 heavy (non-hydrogen) atoms. The summed E-state index contributed by atoms with van der Waals surface area (Å²) in [6, 6.07) is 7.57. The molecule has 2 fully saturated rings. The number of amides is 2. The Labute approximate surface area is 148 Å². The molecule has 0 aliphatic heterocycles. The average molecular weight is 342 g/mol. The van der Waals surface area contributed by atoms with Crippen molar-refractivity contribution in [1.29, 1.82) is 0 Å². The molecule has 2 atom stereocenters. The molecule has 2 saturated carbocycles. The van der Waals surface area contributed by atoms with Crippen LogP contribution in [0.15, 0.2) is 30.3 Å². The van der Waals surface area contributed by atoms with Crippen molar-refractivity contribution in [3.63, 3.8) is 0 Å². The molecular weight excluding hydrogens is 316 g/mol. The average Bonchev–Trinajstić information content (AvgIpc) is 3.36. The lowest BCUT2D eigenvalue weighted by atomic mass is 9.86. The lowest BCUT2D eigenvalue weighted by Crippen LogP contribution is -2.44. The van der Waals surface area contributed by atoms with E-state index in [1.54, 1.807) is 18.2 Å². The highest BCUT2D eigenvalue weighted by atomic mass is 16.3. The van der Waals surface area contributed by atoms with Crippen LogP contribution < -0.4 is 10.6 Å². The zero-order chi connectivity index (χ0) is 17.9. The predicted octanol–water partition coefficient (Wildman–Crippen LogP) is 2.26. The van der Waals surface area contributed by atoms with E-state index < -0.39 is 0 Å². The Balaban J connectivity index is 1.54. The van der Waals surface area contributed by atoms with Crippen molar-refractivity contribution < 1.29 is 14.7 Å². The van der Waals surface area contributed by atoms with Crippen molar-refractivity contribution in [1.82, 2.24) is 10.6 Å². The van der Waals surface area contributed by atoms with Crippen LogP contribution in [0.5, 0.6) is 0 Å². The summed E-state index contributed by atoms with van der Waals surface area (Å²) >= 11 is 0. The number of carbonyl (C=O) groups is 2. The first-order chi connectivity index (χ1) is 12.0. The standard InChI is InChI=1S/C20H26N2O3/c1-20(13-23)12-2-3-17(20)22-18(24)11-6-14-4-7-15(8-5-14)19(25)21-16-9-10-16/h4-8,11,16-17,23H,2-3,9-10,12-13H2,1H3,(H,21,25)(H,22,24)/b11-6+. The Bertz CT molecular complexity index is 664. The second kappa shape index (κ2) is 7.40. The monoisotopic (exact) mass is 342 g/mol. The van der Waals surface area contributed by atoms with Crippen LogP contribution in [0.1, 0.15) is 54.9 Å². The summed E-state index contributed by atoms with van der Waals surface area (Å²) < 4.78 is 0. The van der Waals surface area contributed by atoms with Gasteiger partial charge in [0.2, 0.25) is 5.91 Å². The number of rotatable bonds is 6. The van der Waals surface area contributed by atoms with E-state index in [9.17, 15) is 14.7 Å². The van der Waals surface area contributed by atoms with Gasteiger partial charge in [0.15, 0.2) is 0 Å². The van der Waals surface area contributed by atoms with E-state index in [1.165, 1.54) is 6.08 Å². The molecule has 3 rings (SSSR count). The molecule has 1 aromatic carbocycles. The van der Waals surface area contributed by atoms with Crippen LogP contribution in [0.2, 0.25) is 0 Å². The van der Waals surface area contributed by atoms with E-state index in [4.69, 9.17) is 0 Å². The minimum atomic E-state index is -0.222. The topological polar surface area (TPSA) is 78.4 Å². The second-order valence-corrected chi connectivity index (χ2v) is 7.47. The van der Waals surface area contributed by atoms with Gasteiger partial charge in [0.05, 0.1) is 6.61 Å². The normalized spacial score (nSPS) is 25.9. The molecule has 3 N–H and O–H groups in total. The molecule has 5 nitrogen and oxygen atoms in total. The van der Waals surface area contributed by atoms with E-state index in [1.807, 2.05) is 19.1 Å². The van der Waals surface area contributed by atoms with E-state index in [2.05, 4.69) is 10.6 Å². The van der Waals surface area contributed by atoms with Gasteiger partial charge in [-0.3, -0.25) is 9.59 Å². The fourth-order valence-corrected chi connectivity index (χ4v) is 3.30. The molecule has 0 radical (unpaired) electrons. The number of benzene rings is 1. The Morgan fingerprint density at radius 2 is 1.92 bits per heavy atom. The third kappa shape index (κ3) is 4.48. The maximum atomic E-state index is 12.1. The molecule has 5 heteroatoms. The third-order valence-corrected chi connectivity index (χ3v) is 5.27. The Hall–Kier alpha value is -2.14. The molecule has 0 heterocycles. The van der Waals surface area contributed by atoms with Gasteiger partial charge in [0.1, 0.15) is 0 Å². The molecule has 2 amide bonds. The predicted molar refractivity (Wildman–Crippen MR) is 96.9 cm³/mol. The van der Waals surface area contributed by atoms with Gasteiger partial charge in [-0.2, -0.15) is 0 Å². The van der Waals surface area contributed by atoms with Gasteiger partial charge in [-0.15, -0.1) is 0 Å². The molecule has 2 aliphatic rings. The van der Waals surface area contributed by atoms with Crippen LogP contribution in [0.4, 0.5) is 0 Å². The van der Waals surface area contributed by atoms with Crippen LogP contribution in [0.25, 0.3) is 6.08 Å². The van der Waals surface area contributed by atoms with Gasteiger partial charge in [-0.05, 0) is 49.5 Å². The van der Waals surface area contributed by atoms with E-state index in [0.29, 0.717) is 11.6 Å². The third-order valence-electron chi connectivity index (χ3n) is 5.27. The summed E-state index contributed by atoms with van der Waals surface area (Å²) in [6.45, 7) is 2.10. The van der Waals surface area contributed by atoms with Gasteiger partial charge in [-0.1, -0.05) is 25.5 Å². The van der Waals surface area contributed by atoms with Crippen LogP contribution in [-0.4, -0.2) is 35.6 Å². The smallest absolute Gasteiger partial charge is 0.251 e. The van der Waals surface area contributed by atoms with Crippen LogP contribution in [0, 0.1) is 5.41 Å². The van der Waals surface area contributed by atoms with Gasteiger partial charge < -0.3 is 15.7 Å². The summed E-state index contributed by atoms with van der Waals surface area (Å²) in [7, 11) is 0. The van der Waals surface area contributed by atoms with Gasteiger partial charge in [0, 0.05) is 29.1 Å². The number of aliphatic hydroxyl groups is 1. The fourth-order valence-electron chi connectivity index (χ4n) is 3.30. The molecule has 0 bridgehead atoms. The fraction of sp³-hybridized carbons (Fsp3) is 0.500. The Morgan fingerprint density at radius 3 is 2.56 bits per heavy atom. The maximum absolute atomic E-state index is 12.1. The minimum absolute atomic E-state index is 0.0168. The summed E-state index contributed by atoms with van der Waals surface area (Å²) in [5.74, 6) is -0.192. The Morgan fingerprint density at radius 1 is 1.20 bits per heavy atom. The molecule has 0 aromatic heterocycles. The zero-order valence-corrected chi connectivity index (χ0v) is 14.6. The number of nitrogens with one attached hydrogen (secondary N) is 2. The quantitative estimate of drug-likeness (QED) is 0.694. The first-order valence-corrected chi connectivity index (χ1v) is 9.00. The zero-order valence-electron chi connectivity index (χ0n) is 14.6. The van der Waals surface area contributed by atoms with Crippen molar-refractivity contribution in [2.75, 3.05) is 6.61 Å². The van der Waals surface area contributed by atoms with Crippen molar-refractivity contribution in [3.05, 3.63) is 41.5 Å². The molecule has 134 valence electrons. The van der Waals surface area contributed by atoms with Gasteiger partial charge >= 0.3 is 0 Å². The molecule has 0 saturated heterocycles. The van der Waals surface area contributed by atoms with E-state index in [-0.39, 0.29) is 29.9 Å². The highest BCUT2D eigenvalue weighted by Gasteiger charge is 2.38. The van der Waals surface area contributed by atoms with Crippen LogP contribution in [-0.2, 0) is 4.79 Å². The molecule has 0 spiro atoms. The summed E-state index contributed by atoms with van der Waals surface area (Å²) in [6.07, 6.45) is 8.24. The largest absolute Gasteiger partial charge is 0.396 e. The lowest BCUT2D eigenvalue weighted by molar-refractivity contribution is -0.117. The molecule has 2 aliphatic carbocycles. The first-order valence-electron chi connectivity index (χ1n) is 9.00. The Kier molecular flexibility index (Phi) is 5.23. The summed E-state index contributed by atoms with van der Waals surface area (Å²) in [5.41, 5.74) is 1.28. The molecular formula is C20H26N2O3. The van der Waals surface area contributed by atoms with Crippen molar-refractivity contribution >= 4 is 17.9 Å². The van der Waals surface area contributed by atoms with Gasteiger partial charge in [0.25, 0.3) is 5.91 Å². The molecule has 2 unspecified atom stereocenters. The van der Waals surface area contributed by atoms with Crippen LogP contribution in [0.3, 0.4) is 0 Å². The highest BCUT2D eigenvalue weighted by Crippen LogP contribution is 2.37. The number of carbonyl (C=O) groups excluding carboxylic acids is 2. The SMILES string of the molecule is CC1(CO)CCCC1NC(=O)/C=C/c1ccc(C(=O)NC2CC2)cc1. The maximum Gasteiger partial charge on any atom is 0.251 e. The van der Waals surface area contributed by atoms with Crippen LogP contribution >= 0.6 is 0 Å². The second-order valence-electron chi connectivity index (χ2n) is 7.47. The number of aliphatic hydroxyl groups excluding tert-OH is 1. The minimum Gasteiger partial charge on any atom is -0.396 e. The van der Waals surface area contributed by atoms with Gasteiger partial charge in [-0.25, -0.2) is 0 Å². The van der Waals surface area contributed by atoms with Crippen molar-refractivity contribution in [2.45, 2.75) is 51.1 Å². The summed E-state index contributed by atoms with van der Waals surface area (Å²) in [4.78, 5) is 24.1. The number of hydrogen-bond donors (Lipinski definition) is 3. The van der Waals surface area contributed by atoms with Crippen molar-refractivity contribution in [2.24, 2.45) is 5.41 Å². The number of hydrogen-bond acceptors (Lipinski definition) is 3. The van der Waals surface area contributed by atoms with Crippen molar-refractivity contribution in [3.8, 4) is 0 Å². The first kappa shape index (κ1) is 17.7.